The number of ether oxygens (including phenoxy) is 1. The van der Waals surface area contributed by atoms with E-state index in [-0.39, 0.29) is 12.3 Å². The van der Waals surface area contributed by atoms with Gasteiger partial charge in [-0.25, -0.2) is 4.98 Å². The molecule has 1 saturated carbocycles. The van der Waals surface area contributed by atoms with E-state index in [0.717, 1.165) is 27.9 Å². The maximum Gasteiger partial charge on any atom is 0.314 e. The fourth-order valence-electron chi connectivity index (χ4n) is 5.12. The van der Waals surface area contributed by atoms with Crippen LogP contribution in [0.25, 0.3) is 22.2 Å². The lowest BCUT2D eigenvalue weighted by Crippen LogP contribution is -2.61. The molecule has 6 nitrogen and oxygen atoms in total. The Hall–Kier alpha value is -2.44. The predicted molar refractivity (Wildman–Crippen MR) is 99.2 cm³/mol. The third kappa shape index (κ3) is 2.26. The molecular weight excluding hydrogens is 344 g/mol. The first-order valence-electron chi connectivity index (χ1n) is 9.37. The summed E-state index contributed by atoms with van der Waals surface area (Å²) in [6.07, 6.45) is 2.59. The number of methoxy groups -OCH3 is 1. The molecule has 3 heterocycles. The van der Waals surface area contributed by atoms with Gasteiger partial charge in [-0.1, -0.05) is 18.2 Å². The number of carbonyl (C=O) groups is 1. The van der Waals surface area contributed by atoms with Gasteiger partial charge in [-0.2, -0.15) is 0 Å². The molecule has 4 atom stereocenters. The van der Waals surface area contributed by atoms with Crippen LogP contribution >= 0.6 is 0 Å². The highest BCUT2D eigenvalue weighted by molar-refractivity contribution is 5.97. The monoisotopic (exact) mass is 366 g/mol. The second kappa shape index (κ2) is 5.78. The number of rotatable bonds is 1. The Labute approximate surface area is 156 Å². The summed E-state index contributed by atoms with van der Waals surface area (Å²) in [4.78, 5) is 17.2. The van der Waals surface area contributed by atoms with Gasteiger partial charge < -0.3 is 19.5 Å². The standard InChI is InChI=1S/C21H22N2O4/c1-27-20(25)18-17(24)7-6-12-11-23-9-8-14-13-4-2-3-5-15(13)22-19(14)16(23)10-21(12,18)26/h2-5,8-9,12,17-18,24,26H,6-7,10-11H2,1H3/t12-,17+,18+,21+/m0/s1. The average Bonchev–Trinajstić information content (AvgIpc) is 3.05. The maximum atomic E-state index is 12.4. The lowest BCUT2D eigenvalue weighted by atomic mass is 9.63. The molecule has 140 valence electrons. The van der Waals surface area contributed by atoms with Crippen molar-refractivity contribution in [3.05, 3.63) is 42.2 Å². The molecule has 1 aromatic carbocycles. The van der Waals surface area contributed by atoms with Crippen LogP contribution in [0.4, 0.5) is 0 Å². The summed E-state index contributed by atoms with van der Waals surface area (Å²) >= 11 is 0. The van der Waals surface area contributed by atoms with Gasteiger partial charge in [0.25, 0.3) is 0 Å². The van der Waals surface area contributed by atoms with Gasteiger partial charge in [-0.3, -0.25) is 4.79 Å². The second-order valence-electron chi connectivity index (χ2n) is 7.82. The van der Waals surface area contributed by atoms with Crippen molar-refractivity contribution < 1.29 is 19.7 Å². The smallest absolute Gasteiger partial charge is 0.314 e. The highest BCUT2D eigenvalue weighted by Gasteiger charge is 2.56. The third-order valence-corrected chi connectivity index (χ3v) is 6.49. The van der Waals surface area contributed by atoms with Crippen molar-refractivity contribution in [2.45, 2.75) is 37.5 Å². The molecule has 6 heteroatoms. The summed E-state index contributed by atoms with van der Waals surface area (Å²) in [5, 5.41) is 23.2. The summed E-state index contributed by atoms with van der Waals surface area (Å²) in [5.74, 6) is -1.59. The topological polar surface area (TPSA) is 84.6 Å². The molecular formula is C21H22N2O4. The van der Waals surface area contributed by atoms with Crippen LogP contribution in [0.3, 0.4) is 0 Å². The molecule has 0 aromatic heterocycles. The molecule has 0 amide bonds. The Morgan fingerprint density at radius 1 is 1.30 bits per heavy atom. The van der Waals surface area contributed by atoms with Crippen LogP contribution in [0, 0.1) is 11.8 Å². The molecule has 27 heavy (non-hydrogen) atoms. The molecule has 1 fully saturated rings. The number of fused-ring (bicyclic) bond motifs is 6. The minimum absolute atomic E-state index is 0.107. The van der Waals surface area contributed by atoms with E-state index in [1.54, 1.807) is 0 Å². The normalized spacial score (nSPS) is 30.1. The Bertz CT molecular complexity index is 1010. The Balaban J connectivity index is 1.67. The molecule has 0 spiro atoms. The van der Waals surface area contributed by atoms with Crippen LogP contribution in [-0.4, -0.2) is 44.5 Å². The first kappa shape index (κ1) is 16.7. The number of hydrogen-bond donors (Lipinski definition) is 2. The van der Waals surface area contributed by atoms with Crippen molar-refractivity contribution in [2.75, 3.05) is 7.11 Å². The summed E-state index contributed by atoms with van der Waals surface area (Å²) < 4.78 is 7.05. The van der Waals surface area contributed by atoms with Crippen molar-refractivity contribution in [1.82, 2.24) is 9.55 Å². The van der Waals surface area contributed by atoms with Crippen molar-refractivity contribution in [2.24, 2.45) is 11.8 Å². The van der Waals surface area contributed by atoms with Crippen molar-refractivity contribution in [3.8, 4) is 11.3 Å². The highest BCUT2D eigenvalue weighted by atomic mass is 16.5. The lowest BCUT2D eigenvalue weighted by Gasteiger charge is -2.50. The zero-order valence-electron chi connectivity index (χ0n) is 15.1. The van der Waals surface area contributed by atoms with Crippen molar-refractivity contribution >= 4 is 16.9 Å². The number of esters is 1. The van der Waals surface area contributed by atoms with E-state index in [0.29, 0.717) is 19.4 Å². The van der Waals surface area contributed by atoms with Crippen molar-refractivity contribution in [3.63, 3.8) is 0 Å². The molecule has 5 rings (SSSR count). The summed E-state index contributed by atoms with van der Waals surface area (Å²) in [6.45, 7) is 0.602. The largest absolute Gasteiger partial charge is 0.469 e. The molecule has 3 aliphatic heterocycles. The number of carbonyl (C=O) groups excluding carboxylic acids is 1. The molecule has 1 aliphatic carbocycles. The number of benzene rings is 1. The van der Waals surface area contributed by atoms with Crippen molar-refractivity contribution in [1.29, 1.82) is 0 Å². The average molecular weight is 366 g/mol. The van der Waals surface area contributed by atoms with Gasteiger partial charge in [-0.15, -0.1) is 0 Å². The highest BCUT2D eigenvalue weighted by Crippen LogP contribution is 2.47. The van der Waals surface area contributed by atoms with Crippen LogP contribution in [0.15, 0.2) is 36.5 Å². The van der Waals surface area contributed by atoms with E-state index >= 15 is 0 Å². The Morgan fingerprint density at radius 2 is 2.11 bits per heavy atom. The molecule has 1 aromatic rings. The van der Waals surface area contributed by atoms with Gasteiger partial charge in [0.05, 0.1) is 30.0 Å². The van der Waals surface area contributed by atoms with Gasteiger partial charge in [-0.05, 0) is 25.0 Å². The summed E-state index contributed by atoms with van der Waals surface area (Å²) in [6, 6.07) is 10.1. The number of pyridine rings is 1. The number of para-hydroxylation sites is 1. The van der Waals surface area contributed by atoms with E-state index in [4.69, 9.17) is 9.72 Å². The van der Waals surface area contributed by atoms with Gasteiger partial charge in [0.1, 0.15) is 5.92 Å². The minimum atomic E-state index is -1.33. The Kier molecular flexibility index (Phi) is 3.58. The number of hydrogen-bond acceptors (Lipinski definition) is 5. The van der Waals surface area contributed by atoms with E-state index in [2.05, 4.69) is 10.6 Å². The number of aliphatic hydroxyl groups excluding tert-OH is 1. The van der Waals surface area contributed by atoms with E-state index in [9.17, 15) is 15.0 Å². The quantitative estimate of drug-likeness (QED) is 0.644. The zero-order chi connectivity index (χ0) is 18.8. The minimum Gasteiger partial charge on any atom is -0.469 e. The SMILES string of the molecule is COC(=O)[C@H]1[C@H](O)CC[C@H]2Cn3ccc4c5ccccc5nc-4c3C[C@@]21O. The van der Waals surface area contributed by atoms with Crippen LogP contribution in [0.2, 0.25) is 0 Å². The lowest BCUT2D eigenvalue weighted by molar-refractivity contribution is -0.186. The molecule has 4 aliphatic rings. The van der Waals surface area contributed by atoms with E-state index in [1.807, 2.05) is 30.5 Å². The number of aliphatic hydroxyl groups is 2. The van der Waals surface area contributed by atoms with Crippen LogP contribution in [0.5, 0.6) is 0 Å². The van der Waals surface area contributed by atoms with Gasteiger partial charge >= 0.3 is 5.97 Å². The van der Waals surface area contributed by atoms with Gasteiger partial charge in [0, 0.05) is 41.7 Å². The molecule has 0 radical (unpaired) electrons. The zero-order valence-corrected chi connectivity index (χ0v) is 15.1. The summed E-state index contributed by atoms with van der Waals surface area (Å²) in [5.41, 5.74) is 2.40. The summed E-state index contributed by atoms with van der Waals surface area (Å²) in [7, 11) is 1.30. The first-order chi connectivity index (χ1) is 13.0. The molecule has 0 bridgehead atoms. The fourth-order valence-corrected chi connectivity index (χ4v) is 5.12. The third-order valence-electron chi connectivity index (χ3n) is 6.49. The van der Waals surface area contributed by atoms with E-state index < -0.39 is 23.6 Å². The fraction of sp³-hybridized carbons (Fsp3) is 0.429. The number of nitrogens with zero attached hydrogens (tertiary/aromatic N) is 2. The van der Waals surface area contributed by atoms with Gasteiger partial charge in [0.2, 0.25) is 0 Å². The van der Waals surface area contributed by atoms with Crippen LogP contribution in [0.1, 0.15) is 18.5 Å². The predicted octanol–water partition coefficient (Wildman–Crippen LogP) is 1.99. The van der Waals surface area contributed by atoms with Gasteiger partial charge in [0.15, 0.2) is 0 Å². The molecule has 0 saturated heterocycles. The second-order valence-corrected chi connectivity index (χ2v) is 7.82. The first-order valence-corrected chi connectivity index (χ1v) is 9.37. The van der Waals surface area contributed by atoms with Crippen LogP contribution in [-0.2, 0) is 22.5 Å². The molecule has 0 unspecified atom stereocenters. The van der Waals surface area contributed by atoms with E-state index in [1.165, 1.54) is 7.11 Å². The molecule has 2 N–H and O–H groups in total. The Morgan fingerprint density at radius 3 is 2.93 bits per heavy atom. The maximum absolute atomic E-state index is 12.4. The van der Waals surface area contributed by atoms with Crippen LogP contribution < -0.4 is 0 Å². The number of aromatic nitrogens is 2.